The Kier molecular flexibility index (Phi) is 2.12. The zero-order valence-electron chi connectivity index (χ0n) is 10.3. The summed E-state index contributed by atoms with van der Waals surface area (Å²) in [7, 11) is 0. The van der Waals surface area contributed by atoms with Crippen LogP contribution in [0.2, 0.25) is 0 Å². The lowest BCUT2D eigenvalue weighted by Crippen LogP contribution is -2.50. The molecule has 3 aliphatic rings. The average molecular weight is 234 g/mol. The van der Waals surface area contributed by atoms with Crippen LogP contribution in [0.4, 0.5) is 0 Å². The van der Waals surface area contributed by atoms with Crippen LogP contribution in [0, 0.1) is 5.92 Å². The highest BCUT2D eigenvalue weighted by atomic mass is 16.2. The Bertz CT molecular complexity index is 444. The van der Waals surface area contributed by atoms with E-state index in [-0.39, 0.29) is 11.4 Å². The van der Waals surface area contributed by atoms with E-state index in [9.17, 15) is 4.79 Å². The molecule has 0 spiro atoms. The van der Waals surface area contributed by atoms with Crippen molar-refractivity contribution >= 4 is 5.91 Å². The second-order valence-corrected chi connectivity index (χ2v) is 5.94. The van der Waals surface area contributed by atoms with Crippen LogP contribution in [0.25, 0.3) is 0 Å². The molecule has 17 heavy (non-hydrogen) atoms. The van der Waals surface area contributed by atoms with Gasteiger partial charge in [-0.25, -0.2) is 10.9 Å². The minimum absolute atomic E-state index is 0.108. The summed E-state index contributed by atoms with van der Waals surface area (Å²) < 4.78 is 0. The van der Waals surface area contributed by atoms with E-state index in [2.05, 4.69) is 27.8 Å². The van der Waals surface area contributed by atoms with Gasteiger partial charge in [-0.15, -0.1) is 0 Å². The maximum Gasteiger partial charge on any atom is 0.283 e. The zero-order chi connectivity index (χ0) is 12.2. The number of hydrogen-bond acceptors (Lipinski definition) is 4. The van der Waals surface area contributed by atoms with Gasteiger partial charge < -0.3 is 5.43 Å². The number of nitrogens with one attached hydrogen (secondary N) is 4. The van der Waals surface area contributed by atoms with E-state index in [1.807, 2.05) is 20.8 Å². The topological polar surface area (TPSA) is 65.2 Å². The van der Waals surface area contributed by atoms with Crippen molar-refractivity contribution in [3.63, 3.8) is 0 Å². The first-order valence-corrected chi connectivity index (χ1v) is 5.99. The summed E-state index contributed by atoms with van der Waals surface area (Å²) in [5, 5.41) is 0. The predicted molar refractivity (Wildman–Crippen MR) is 64.3 cm³/mol. The van der Waals surface area contributed by atoms with Crippen LogP contribution in [0.5, 0.6) is 0 Å². The molecular formula is C12H18N4O. The van der Waals surface area contributed by atoms with E-state index in [0.717, 1.165) is 5.57 Å². The predicted octanol–water partition coefficient (Wildman–Crippen LogP) is 0.0961. The van der Waals surface area contributed by atoms with Gasteiger partial charge in [-0.1, -0.05) is 11.6 Å². The van der Waals surface area contributed by atoms with Gasteiger partial charge in [-0.2, -0.15) is 0 Å². The smallest absolute Gasteiger partial charge is 0.283 e. The monoisotopic (exact) mass is 234 g/mol. The van der Waals surface area contributed by atoms with E-state index in [1.165, 1.54) is 12.0 Å². The van der Waals surface area contributed by atoms with Crippen LogP contribution >= 0.6 is 0 Å². The third-order valence-electron chi connectivity index (χ3n) is 3.27. The minimum Gasteiger partial charge on any atom is -0.316 e. The highest BCUT2D eigenvalue weighted by Crippen LogP contribution is 2.50. The van der Waals surface area contributed by atoms with Gasteiger partial charge in [-0.3, -0.25) is 10.2 Å². The van der Waals surface area contributed by atoms with Gasteiger partial charge in [0.25, 0.3) is 5.91 Å². The standard InChI is InChI=1S/C12H18N4O/c1-12(2,3)16-15-11(17)10-8-5-6-4-7(6)9(8)13-14-10/h5,7,9,13-14,16H,4H2,1-3H3,(H,15,17). The Hall–Kier alpha value is -1.33. The molecule has 0 saturated heterocycles. The third-order valence-corrected chi connectivity index (χ3v) is 3.27. The number of carbonyl (C=O) groups excluding carboxylic acids is 1. The molecule has 2 aliphatic carbocycles. The van der Waals surface area contributed by atoms with Gasteiger partial charge in [0.15, 0.2) is 0 Å². The first kappa shape index (κ1) is 10.8. The second-order valence-electron chi connectivity index (χ2n) is 5.94. The number of hydrogen-bond donors (Lipinski definition) is 4. The maximum absolute atomic E-state index is 12.0. The van der Waals surface area contributed by atoms with Crippen molar-refractivity contribution in [1.82, 2.24) is 21.7 Å². The minimum atomic E-state index is -0.136. The Morgan fingerprint density at radius 3 is 2.94 bits per heavy atom. The molecule has 5 nitrogen and oxygen atoms in total. The summed E-state index contributed by atoms with van der Waals surface area (Å²) in [6, 6.07) is 0.306. The van der Waals surface area contributed by atoms with Crippen LogP contribution in [0.1, 0.15) is 27.2 Å². The van der Waals surface area contributed by atoms with Crippen molar-refractivity contribution in [3.05, 3.63) is 22.9 Å². The molecule has 92 valence electrons. The maximum atomic E-state index is 12.0. The number of hydrazine groups is 2. The molecule has 0 radical (unpaired) electrons. The number of rotatable bonds is 2. The van der Waals surface area contributed by atoms with Crippen molar-refractivity contribution < 1.29 is 4.79 Å². The van der Waals surface area contributed by atoms with E-state index >= 15 is 0 Å². The van der Waals surface area contributed by atoms with Crippen LogP contribution in [0.15, 0.2) is 22.9 Å². The molecule has 0 aromatic heterocycles. The molecule has 1 saturated carbocycles. The lowest BCUT2D eigenvalue weighted by atomic mass is 10.1. The number of fused-ring (bicyclic) bond motifs is 3. The molecule has 1 amide bonds. The summed E-state index contributed by atoms with van der Waals surface area (Å²) in [6.07, 6.45) is 3.33. The number of carbonyl (C=O) groups is 1. The molecule has 0 aromatic rings. The molecule has 3 rings (SSSR count). The fraction of sp³-hybridized carbons (Fsp3) is 0.583. The van der Waals surface area contributed by atoms with Gasteiger partial charge >= 0.3 is 0 Å². The van der Waals surface area contributed by atoms with Gasteiger partial charge in [0.05, 0.1) is 6.04 Å². The quantitative estimate of drug-likeness (QED) is 0.512. The molecule has 4 N–H and O–H groups in total. The average Bonchev–Trinajstić information content (AvgIpc) is 2.70. The van der Waals surface area contributed by atoms with Gasteiger partial charge in [0, 0.05) is 17.0 Å². The summed E-state index contributed by atoms with van der Waals surface area (Å²) in [5.74, 6) is 0.515. The molecule has 1 aliphatic heterocycles. The van der Waals surface area contributed by atoms with E-state index in [4.69, 9.17) is 0 Å². The second kappa shape index (κ2) is 3.34. The van der Waals surface area contributed by atoms with E-state index in [0.29, 0.717) is 17.7 Å². The highest BCUT2D eigenvalue weighted by Gasteiger charge is 2.48. The molecule has 0 bridgehead atoms. The Morgan fingerprint density at radius 1 is 1.47 bits per heavy atom. The summed E-state index contributed by atoms with van der Waals surface area (Å²) in [4.78, 5) is 12.0. The van der Waals surface area contributed by atoms with Crippen LogP contribution in [0.3, 0.4) is 0 Å². The molecular weight excluding hydrogens is 216 g/mol. The molecule has 5 heteroatoms. The van der Waals surface area contributed by atoms with Gasteiger partial charge in [0.1, 0.15) is 5.70 Å². The van der Waals surface area contributed by atoms with Crippen LogP contribution in [-0.2, 0) is 4.79 Å². The molecule has 1 fully saturated rings. The zero-order valence-corrected chi connectivity index (χ0v) is 10.3. The normalized spacial score (nSPS) is 29.5. The van der Waals surface area contributed by atoms with Crippen molar-refractivity contribution in [1.29, 1.82) is 0 Å². The van der Waals surface area contributed by atoms with E-state index < -0.39 is 0 Å². The first-order chi connectivity index (χ1) is 7.96. The van der Waals surface area contributed by atoms with Crippen molar-refractivity contribution in [2.24, 2.45) is 5.92 Å². The van der Waals surface area contributed by atoms with Crippen LogP contribution < -0.4 is 21.7 Å². The Morgan fingerprint density at radius 2 is 2.24 bits per heavy atom. The lowest BCUT2D eigenvalue weighted by molar-refractivity contribution is -0.119. The van der Waals surface area contributed by atoms with Gasteiger partial charge in [0.2, 0.25) is 0 Å². The summed E-state index contributed by atoms with van der Waals surface area (Å²) in [5.41, 5.74) is 14.9. The number of amides is 1. The van der Waals surface area contributed by atoms with Crippen molar-refractivity contribution in [2.75, 3.05) is 0 Å². The summed E-state index contributed by atoms with van der Waals surface area (Å²) >= 11 is 0. The van der Waals surface area contributed by atoms with Crippen LogP contribution in [-0.4, -0.2) is 17.5 Å². The Labute approximate surface area is 101 Å². The molecule has 2 atom stereocenters. The highest BCUT2D eigenvalue weighted by molar-refractivity contribution is 5.95. The largest absolute Gasteiger partial charge is 0.316 e. The molecule has 2 unspecified atom stereocenters. The third kappa shape index (κ3) is 1.85. The first-order valence-electron chi connectivity index (χ1n) is 5.99. The molecule has 0 aromatic carbocycles. The van der Waals surface area contributed by atoms with Crippen molar-refractivity contribution in [2.45, 2.75) is 38.8 Å². The SMILES string of the molecule is CC(C)(C)NNC(=O)C1=C2C=C3CC3C2NN1. The van der Waals surface area contributed by atoms with Crippen molar-refractivity contribution in [3.8, 4) is 0 Å². The summed E-state index contributed by atoms with van der Waals surface area (Å²) in [6.45, 7) is 6.00. The van der Waals surface area contributed by atoms with Gasteiger partial charge in [-0.05, 0) is 27.2 Å². The fourth-order valence-corrected chi connectivity index (χ4v) is 2.32. The Balaban J connectivity index is 1.71. The molecule has 1 heterocycles. The lowest BCUT2D eigenvalue weighted by Gasteiger charge is -2.21. The fourth-order valence-electron chi connectivity index (χ4n) is 2.32. The van der Waals surface area contributed by atoms with E-state index in [1.54, 1.807) is 0 Å².